The van der Waals surface area contributed by atoms with Crippen molar-refractivity contribution in [3.05, 3.63) is 77.9 Å². The van der Waals surface area contributed by atoms with Gasteiger partial charge in [-0.2, -0.15) is 13.2 Å². The lowest BCUT2D eigenvalue weighted by atomic mass is 10.1. The van der Waals surface area contributed by atoms with Gasteiger partial charge in [0.1, 0.15) is 0 Å². The highest BCUT2D eigenvalue weighted by Gasteiger charge is 2.30. The molecule has 0 aliphatic rings. The molecule has 0 unspecified atom stereocenters. The first-order valence-electron chi connectivity index (χ1n) is 7.92. The molecule has 3 rings (SSSR count). The Morgan fingerprint density at radius 3 is 2.42 bits per heavy atom. The van der Waals surface area contributed by atoms with Crippen molar-refractivity contribution in [3.63, 3.8) is 0 Å². The highest BCUT2D eigenvalue weighted by atomic mass is 19.4. The van der Waals surface area contributed by atoms with E-state index in [1.54, 1.807) is 6.07 Å². The van der Waals surface area contributed by atoms with Crippen molar-refractivity contribution in [1.82, 2.24) is 0 Å². The van der Waals surface area contributed by atoms with E-state index in [-0.39, 0.29) is 0 Å². The topological polar surface area (TPSA) is 12.0 Å². The fourth-order valence-electron chi connectivity index (χ4n) is 2.80. The van der Waals surface area contributed by atoms with Crippen LogP contribution in [0.4, 0.5) is 18.9 Å². The van der Waals surface area contributed by atoms with Gasteiger partial charge in [-0.1, -0.05) is 54.6 Å². The molecule has 0 radical (unpaired) electrons. The second-order valence-corrected chi connectivity index (χ2v) is 5.76. The summed E-state index contributed by atoms with van der Waals surface area (Å²) in [4.78, 5) is 0. The summed E-state index contributed by atoms with van der Waals surface area (Å²) in [5.74, 6) is 0. The minimum Gasteiger partial charge on any atom is -0.385 e. The number of halogens is 3. The zero-order valence-corrected chi connectivity index (χ0v) is 13.1. The number of rotatable bonds is 5. The van der Waals surface area contributed by atoms with Crippen LogP contribution < -0.4 is 5.32 Å². The number of aryl methyl sites for hydroxylation is 1. The van der Waals surface area contributed by atoms with Crippen molar-refractivity contribution in [1.29, 1.82) is 0 Å². The van der Waals surface area contributed by atoms with E-state index in [9.17, 15) is 13.2 Å². The molecule has 1 N–H and O–H groups in total. The summed E-state index contributed by atoms with van der Waals surface area (Å²) in [6.07, 6.45) is -2.90. The molecule has 4 heteroatoms. The van der Waals surface area contributed by atoms with Crippen LogP contribution in [0.25, 0.3) is 10.8 Å². The smallest absolute Gasteiger partial charge is 0.385 e. The van der Waals surface area contributed by atoms with Crippen molar-refractivity contribution < 1.29 is 13.2 Å². The molecular formula is C20H18F3N. The van der Waals surface area contributed by atoms with Crippen LogP contribution in [0.15, 0.2) is 66.7 Å². The van der Waals surface area contributed by atoms with Crippen LogP contribution in [0.3, 0.4) is 0 Å². The molecule has 0 saturated carbocycles. The van der Waals surface area contributed by atoms with Gasteiger partial charge in [0.05, 0.1) is 5.56 Å². The van der Waals surface area contributed by atoms with E-state index in [2.05, 4.69) is 23.5 Å². The van der Waals surface area contributed by atoms with E-state index >= 15 is 0 Å². The number of fused-ring (bicyclic) bond motifs is 1. The van der Waals surface area contributed by atoms with E-state index in [0.29, 0.717) is 18.5 Å². The Bertz CT molecular complexity index is 819. The Morgan fingerprint density at radius 2 is 1.58 bits per heavy atom. The molecule has 0 amide bonds. The normalized spacial score (nSPS) is 11.6. The highest BCUT2D eigenvalue weighted by molar-refractivity contribution is 5.93. The number of hydrogen-bond donors (Lipinski definition) is 1. The molecule has 0 fully saturated rings. The SMILES string of the molecule is FC(F)(F)c1cccc(CCCNc2cccc3ccccc23)c1. The minimum absolute atomic E-state index is 0.581. The molecule has 0 heterocycles. The predicted molar refractivity (Wildman–Crippen MR) is 92.2 cm³/mol. The van der Waals surface area contributed by atoms with Crippen LogP contribution in [0, 0.1) is 0 Å². The molecule has 24 heavy (non-hydrogen) atoms. The first-order chi connectivity index (χ1) is 11.5. The average Bonchev–Trinajstić information content (AvgIpc) is 2.58. The summed E-state index contributed by atoms with van der Waals surface area (Å²) in [5.41, 5.74) is 1.18. The quantitative estimate of drug-likeness (QED) is 0.574. The fraction of sp³-hybridized carbons (Fsp3) is 0.200. The number of hydrogen-bond acceptors (Lipinski definition) is 1. The van der Waals surface area contributed by atoms with Gasteiger partial charge in [-0.05, 0) is 35.9 Å². The lowest BCUT2D eigenvalue weighted by Crippen LogP contribution is -2.06. The van der Waals surface area contributed by atoms with Gasteiger partial charge >= 0.3 is 6.18 Å². The van der Waals surface area contributed by atoms with Gasteiger partial charge in [0, 0.05) is 17.6 Å². The van der Waals surface area contributed by atoms with Crippen molar-refractivity contribution in [3.8, 4) is 0 Å². The van der Waals surface area contributed by atoms with Gasteiger partial charge in [0.25, 0.3) is 0 Å². The maximum absolute atomic E-state index is 12.7. The Morgan fingerprint density at radius 1 is 0.833 bits per heavy atom. The number of nitrogens with one attached hydrogen (secondary N) is 1. The van der Waals surface area contributed by atoms with Gasteiger partial charge in [-0.3, -0.25) is 0 Å². The van der Waals surface area contributed by atoms with Crippen molar-refractivity contribution in [2.24, 2.45) is 0 Å². The summed E-state index contributed by atoms with van der Waals surface area (Å²) in [6.45, 7) is 0.713. The summed E-state index contributed by atoms with van der Waals surface area (Å²) in [7, 11) is 0. The lowest BCUT2D eigenvalue weighted by Gasteiger charge is -2.11. The molecule has 0 aliphatic carbocycles. The summed E-state index contributed by atoms with van der Waals surface area (Å²) in [5, 5.41) is 5.70. The summed E-state index contributed by atoms with van der Waals surface area (Å²) >= 11 is 0. The molecule has 0 spiro atoms. The fourth-order valence-corrected chi connectivity index (χ4v) is 2.80. The second-order valence-electron chi connectivity index (χ2n) is 5.76. The van der Waals surface area contributed by atoms with Crippen LogP contribution in [-0.4, -0.2) is 6.54 Å². The number of benzene rings is 3. The molecule has 0 aromatic heterocycles. The first kappa shape index (κ1) is 16.4. The molecule has 0 atom stereocenters. The first-order valence-corrected chi connectivity index (χ1v) is 7.92. The Balaban J connectivity index is 1.59. The van der Waals surface area contributed by atoms with E-state index in [0.717, 1.165) is 23.6 Å². The van der Waals surface area contributed by atoms with Gasteiger partial charge in [0.15, 0.2) is 0 Å². The van der Waals surface area contributed by atoms with Crippen LogP contribution in [0.1, 0.15) is 17.5 Å². The lowest BCUT2D eigenvalue weighted by molar-refractivity contribution is -0.137. The maximum Gasteiger partial charge on any atom is 0.416 e. The van der Waals surface area contributed by atoms with E-state index in [1.807, 2.05) is 24.3 Å². The van der Waals surface area contributed by atoms with E-state index in [1.165, 1.54) is 17.5 Å². The average molecular weight is 329 g/mol. The minimum atomic E-state index is -4.28. The van der Waals surface area contributed by atoms with E-state index in [4.69, 9.17) is 0 Å². The highest BCUT2D eigenvalue weighted by Crippen LogP contribution is 2.29. The molecule has 3 aromatic carbocycles. The Labute approximate surface area is 139 Å². The Hall–Kier alpha value is -2.49. The number of alkyl halides is 3. The Kier molecular flexibility index (Phi) is 4.74. The molecule has 0 saturated heterocycles. The predicted octanol–water partition coefficient (Wildman–Crippen LogP) is 5.90. The zero-order chi connectivity index (χ0) is 17.0. The summed E-state index contributed by atoms with van der Waals surface area (Å²) < 4.78 is 38.1. The standard InChI is InChI=1S/C20H18F3N/c21-20(22,23)17-10-3-6-15(14-17)7-5-13-24-19-12-4-9-16-8-1-2-11-18(16)19/h1-4,6,8-12,14,24H,5,7,13H2. The van der Waals surface area contributed by atoms with E-state index < -0.39 is 11.7 Å². The zero-order valence-electron chi connectivity index (χ0n) is 13.1. The van der Waals surface area contributed by atoms with Crippen LogP contribution in [0.5, 0.6) is 0 Å². The number of anilines is 1. The molecule has 1 nitrogen and oxygen atoms in total. The van der Waals surface area contributed by atoms with Gasteiger partial charge in [-0.15, -0.1) is 0 Å². The van der Waals surface area contributed by atoms with Crippen molar-refractivity contribution >= 4 is 16.5 Å². The largest absolute Gasteiger partial charge is 0.416 e. The molecule has 0 bridgehead atoms. The van der Waals surface area contributed by atoms with Crippen LogP contribution >= 0.6 is 0 Å². The third-order valence-electron chi connectivity index (χ3n) is 4.00. The van der Waals surface area contributed by atoms with Gasteiger partial charge in [-0.25, -0.2) is 0 Å². The summed E-state index contributed by atoms with van der Waals surface area (Å²) in [6, 6.07) is 19.7. The van der Waals surface area contributed by atoms with Crippen molar-refractivity contribution in [2.45, 2.75) is 19.0 Å². The van der Waals surface area contributed by atoms with Gasteiger partial charge in [0.2, 0.25) is 0 Å². The third-order valence-corrected chi connectivity index (χ3v) is 4.00. The third kappa shape index (κ3) is 3.88. The molecular weight excluding hydrogens is 311 g/mol. The maximum atomic E-state index is 12.7. The van der Waals surface area contributed by atoms with Gasteiger partial charge < -0.3 is 5.32 Å². The molecule has 3 aromatic rings. The molecule has 124 valence electrons. The van der Waals surface area contributed by atoms with Crippen LogP contribution in [0.2, 0.25) is 0 Å². The van der Waals surface area contributed by atoms with Crippen LogP contribution in [-0.2, 0) is 12.6 Å². The molecule has 0 aliphatic heterocycles. The second kappa shape index (κ2) is 6.95. The van der Waals surface area contributed by atoms with Crippen molar-refractivity contribution in [2.75, 3.05) is 11.9 Å². The monoisotopic (exact) mass is 329 g/mol.